The highest BCUT2D eigenvalue weighted by atomic mass is 31.2. The van der Waals surface area contributed by atoms with Gasteiger partial charge in [-0.15, -0.1) is 0 Å². The Kier molecular flexibility index (Phi) is 4.52. The van der Waals surface area contributed by atoms with Crippen LogP contribution in [-0.2, 0) is 37.4 Å². The Morgan fingerprint density at radius 1 is 1.25 bits per heavy atom. The summed E-state index contributed by atoms with van der Waals surface area (Å²) in [6.45, 7) is 6.61. The smallest absolute Gasteiger partial charge is 0.458 e. The molecule has 10 heteroatoms. The van der Waals surface area contributed by atoms with E-state index in [9.17, 15) is 14.3 Å². The van der Waals surface area contributed by atoms with Crippen LogP contribution in [0.1, 0.15) is 46.5 Å². The zero-order valence-corrected chi connectivity index (χ0v) is 19.8. The van der Waals surface area contributed by atoms with Crippen molar-refractivity contribution >= 4 is 13.8 Å². The van der Waals surface area contributed by atoms with Gasteiger partial charge < -0.3 is 23.8 Å². The van der Waals surface area contributed by atoms with E-state index in [4.69, 9.17) is 23.5 Å². The van der Waals surface area contributed by atoms with Crippen LogP contribution in [0.3, 0.4) is 0 Å². The summed E-state index contributed by atoms with van der Waals surface area (Å²) >= 11 is 0. The normalized spacial score (nSPS) is 49.9. The molecule has 9 atom stereocenters. The maximum Gasteiger partial charge on any atom is 0.474 e. The fraction of sp³-hybridized carbons (Fsp3) is 0.864. The number of hydrogen-bond donors (Lipinski definition) is 1. The average Bonchev–Trinajstić information content (AvgIpc) is 3.62. The Labute approximate surface area is 187 Å². The number of epoxide rings is 2. The van der Waals surface area contributed by atoms with Crippen molar-refractivity contribution in [3.63, 3.8) is 0 Å². The first-order chi connectivity index (χ1) is 15.1. The van der Waals surface area contributed by atoms with Gasteiger partial charge in [-0.2, -0.15) is 0 Å². The van der Waals surface area contributed by atoms with E-state index >= 15 is 0 Å². The van der Waals surface area contributed by atoms with Crippen molar-refractivity contribution in [1.82, 2.24) is 0 Å². The largest absolute Gasteiger partial charge is 0.474 e. The highest BCUT2D eigenvalue weighted by Crippen LogP contribution is 2.79. The lowest BCUT2D eigenvalue weighted by Gasteiger charge is -2.54. The van der Waals surface area contributed by atoms with E-state index in [0.717, 1.165) is 37.5 Å². The van der Waals surface area contributed by atoms with Crippen LogP contribution in [0.2, 0.25) is 0 Å². The summed E-state index contributed by atoms with van der Waals surface area (Å²) in [6.07, 6.45) is 2.88. The SMILES string of the molecule is COP(=O)(O)OCOC1C(C(C)C)CC2OC23C2(C)CCC4=C(COC4=O)C2CC2OC213. The van der Waals surface area contributed by atoms with E-state index in [1.165, 1.54) is 0 Å². The minimum absolute atomic E-state index is 0.0527. The fourth-order valence-corrected chi connectivity index (χ4v) is 8.02. The topological polar surface area (TPSA) is 116 Å². The third kappa shape index (κ3) is 2.51. The van der Waals surface area contributed by atoms with Gasteiger partial charge >= 0.3 is 13.8 Å². The molecule has 178 valence electrons. The standard InChI is InChI=1S/C22H31O9P/c1-11(2)13-7-17-22(31-17)20(3)6-5-12-14(9-27-19(12)23)15(20)8-16-21(22,30-16)18(13)28-10-29-32(24,25)26-4/h11,13,15-18H,5-10H2,1-4H3,(H,24,25). The summed E-state index contributed by atoms with van der Waals surface area (Å²) in [6, 6.07) is 0. The van der Waals surface area contributed by atoms with E-state index in [1.807, 2.05) is 0 Å². The van der Waals surface area contributed by atoms with E-state index < -0.39 is 19.0 Å². The van der Waals surface area contributed by atoms with Gasteiger partial charge in [0.1, 0.15) is 12.2 Å². The third-order valence-electron chi connectivity index (χ3n) is 9.29. The molecule has 9 unspecified atom stereocenters. The molecule has 3 aliphatic carbocycles. The number of cyclic esters (lactones) is 1. The van der Waals surface area contributed by atoms with Gasteiger partial charge in [0.2, 0.25) is 0 Å². The van der Waals surface area contributed by atoms with Gasteiger partial charge in [0.25, 0.3) is 0 Å². The number of carbonyl (C=O) groups is 1. The summed E-state index contributed by atoms with van der Waals surface area (Å²) in [5.41, 5.74) is 0.695. The van der Waals surface area contributed by atoms with Crippen LogP contribution in [0.4, 0.5) is 0 Å². The Hall–Kier alpha value is -0.800. The molecule has 3 aliphatic heterocycles. The van der Waals surface area contributed by atoms with Crippen LogP contribution in [0, 0.1) is 23.2 Å². The van der Waals surface area contributed by atoms with Crippen molar-refractivity contribution in [1.29, 1.82) is 0 Å². The minimum atomic E-state index is -4.14. The monoisotopic (exact) mass is 470 g/mol. The molecule has 0 amide bonds. The van der Waals surface area contributed by atoms with Crippen molar-refractivity contribution < 1.29 is 42.2 Å². The molecule has 2 spiro atoms. The summed E-state index contributed by atoms with van der Waals surface area (Å²) in [7, 11) is -3.01. The molecule has 2 saturated heterocycles. The van der Waals surface area contributed by atoms with Crippen molar-refractivity contribution in [3.8, 4) is 0 Å². The lowest BCUT2D eigenvalue weighted by Crippen LogP contribution is -2.67. The van der Waals surface area contributed by atoms with Crippen LogP contribution < -0.4 is 0 Å². The Morgan fingerprint density at radius 2 is 2.03 bits per heavy atom. The van der Waals surface area contributed by atoms with E-state index in [0.29, 0.717) is 18.9 Å². The molecular weight excluding hydrogens is 439 g/mol. The van der Waals surface area contributed by atoms with Crippen molar-refractivity contribution in [2.24, 2.45) is 23.2 Å². The average molecular weight is 470 g/mol. The second-order valence-corrected chi connectivity index (χ2v) is 12.2. The van der Waals surface area contributed by atoms with Gasteiger partial charge in [-0.3, -0.25) is 9.05 Å². The molecule has 0 bridgehead atoms. The molecule has 2 saturated carbocycles. The first kappa shape index (κ1) is 21.7. The number of phosphoric acid groups is 1. The molecule has 6 aliphatic rings. The van der Waals surface area contributed by atoms with Gasteiger partial charge in [0.15, 0.2) is 12.4 Å². The summed E-state index contributed by atoms with van der Waals surface area (Å²) in [4.78, 5) is 21.8. The van der Waals surface area contributed by atoms with Gasteiger partial charge in [-0.1, -0.05) is 20.8 Å². The predicted molar refractivity (Wildman–Crippen MR) is 109 cm³/mol. The number of esters is 1. The Morgan fingerprint density at radius 3 is 2.75 bits per heavy atom. The summed E-state index contributed by atoms with van der Waals surface area (Å²) in [5.74, 6) is 0.494. The van der Waals surface area contributed by atoms with E-state index in [1.54, 1.807) is 0 Å². The second-order valence-electron chi connectivity index (χ2n) is 10.7. The van der Waals surface area contributed by atoms with E-state index in [-0.39, 0.29) is 48.3 Å². The highest BCUT2D eigenvalue weighted by molar-refractivity contribution is 7.47. The molecule has 0 radical (unpaired) electrons. The Bertz CT molecular complexity index is 948. The summed E-state index contributed by atoms with van der Waals surface area (Å²) in [5, 5.41) is 0. The number of hydrogen-bond acceptors (Lipinski definition) is 8. The molecule has 6 rings (SSSR count). The van der Waals surface area contributed by atoms with Crippen LogP contribution in [0.15, 0.2) is 11.1 Å². The fourth-order valence-electron chi connectivity index (χ4n) is 7.72. The summed E-state index contributed by atoms with van der Waals surface area (Å²) < 4.78 is 46.0. The van der Waals surface area contributed by atoms with E-state index in [2.05, 4.69) is 25.3 Å². The van der Waals surface area contributed by atoms with Crippen LogP contribution >= 0.6 is 7.82 Å². The maximum atomic E-state index is 12.2. The molecule has 32 heavy (non-hydrogen) atoms. The van der Waals surface area contributed by atoms with Crippen molar-refractivity contribution in [2.45, 2.75) is 76.0 Å². The van der Waals surface area contributed by atoms with Crippen LogP contribution in [0.5, 0.6) is 0 Å². The number of ether oxygens (including phenoxy) is 4. The molecule has 4 fully saturated rings. The first-order valence-corrected chi connectivity index (χ1v) is 13.0. The van der Waals surface area contributed by atoms with Gasteiger partial charge in [-0.05, 0) is 49.0 Å². The number of fused-ring (bicyclic) bond motifs is 2. The molecular formula is C22H31O9P. The van der Waals surface area contributed by atoms with Crippen LogP contribution in [0.25, 0.3) is 0 Å². The number of rotatable bonds is 6. The number of carbonyl (C=O) groups excluding carboxylic acids is 1. The maximum absolute atomic E-state index is 12.2. The van der Waals surface area contributed by atoms with Crippen molar-refractivity contribution in [3.05, 3.63) is 11.1 Å². The second kappa shape index (κ2) is 6.66. The predicted octanol–water partition coefficient (Wildman–Crippen LogP) is 2.72. The lowest BCUT2D eigenvalue weighted by atomic mass is 9.46. The molecule has 9 nitrogen and oxygen atoms in total. The van der Waals surface area contributed by atoms with Crippen LogP contribution in [-0.4, -0.2) is 60.9 Å². The molecule has 3 heterocycles. The molecule has 0 aromatic carbocycles. The highest BCUT2D eigenvalue weighted by Gasteiger charge is 2.93. The third-order valence-corrected chi connectivity index (χ3v) is 10.2. The number of phosphoric ester groups is 1. The van der Waals surface area contributed by atoms with Gasteiger partial charge in [0.05, 0.1) is 18.3 Å². The zero-order valence-electron chi connectivity index (χ0n) is 18.9. The quantitative estimate of drug-likeness (QED) is 0.271. The minimum Gasteiger partial charge on any atom is -0.458 e. The van der Waals surface area contributed by atoms with Crippen molar-refractivity contribution in [2.75, 3.05) is 20.5 Å². The molecule has 1 N–H and O–H groups in total. The lowest BCUT2D eigenvalue weighted by molar-refractivity contribution is -0.155. The van der Waals surface area contributed by atoms with Gasteiger partial charge in [0, 0.05) is 18.1 Å². The molecule has 0 aromatic heterocycles. The molecule has 0 aromatic rings. The zero-order chi connectivity index (χ0) is 22.7. The Balaban J connectivity index is 1.35. The first-order valence-electron chi connectivity index (χ1n) is 11.5. The van der Waals surface area contributed by atoms with Gasteiger partial charge in [-0.25, -0.2) is 9.36 Å².